The van der Waals surface area contributed by atoms with E-state index in [2.05, 4.69) is 24.0 Å². The number of nitrogens with zero attached hydrogens (tertiary/aromatic N) is 1. The van der Waals surface area contributed by atoms with Gasteiger partial charge in [0.1, 0.15) is 5.75 Å². The Kier molecular flexibility index (Phi) is 5.32. The second kappa shape index (κ2) is 7.43. The second-order valence-electron chi connectivity index (χ2n) is 4.95. The van der Waals surface area contributed by atoms with E-state index >= 15 is 0 Å². The summed E-state index contributed by atoms with van der Waals surface area (Å²) in [6.45, 7) is 2.20. The van der Waals surface area contributed by atoms with Crippen LogP contribution in [0.25, 0.3) is 0 Å². The Morgan fingerprint density at radius 3 is 2.48 bits per heavy atom. The molecule has 110 valence electrons. The predicted molar refractivity (Wildman–Crippen MR) is 82.5 cm³/mol. The molecule has 0 unspecified atom stereocenters. The van der Waals surface area contributed by atoms with Gasteiger partial charge in [0.15, 0.2) is 0 Å². The number of hydrogen-bond donors (Lipinski definition) is 1. The number of ether oxygens (including phenoxy) is 1. The molecule has 1 heterocycles. The van der Waals surface area contributed by atoms with Gasteiger partial charge in [0, 0.05) is 12.3 Å². The number of rotatable bonds is 7. The first-order chi connectivity index (χ1) is 10.2. The summed E-state index contributed by atoms with van der Waals surface area (Å²) in [5.41, 5.74) is 6.85. The van der Waals surface area contributed by atoms with Gasteiger partial charge in [-0.25, -0.2) is 4.98 Å². The van der Waals surface area contributed by atoms with Crippen molar-refractivity contribution in [2.75, 3.05) is 0 Å². The molecule has 1 aromatic carbocycles. The number of nitrogens with two attached hydrogens (primary N) is 1. The fraction of sp³-hybridized carbons (Fsp3) is 0.294. The van der Waals surface area contributed by atoms with Crippen LogP contribution in [-0.2, 0) is 6.42 Å². The van der Waals surface area contributed by atoms with Gasteiger partial charge in [0.25, 0.3) is 0 Å². The summed E-state index contributed by atoms with van der Waals surface area (Å²) in [7, 11) is 0. The van der Waals surface area contributed by atoms with Crippen molar-refractivity contribution in [3.05, 3.63) is 53.7 Å². The van der Waals surface area contributed by atoms with E-state index < -0.39 is 5.91 Å². The van der Waals surface area contributed by atoms with Crippen molar-refractivity contribution >= 4 is 5.91 Å². The fourth-order valence-electron chi connectivity index (χ4n) is 2.01. The maximum absolute atomic E-state index is 11.0. The van der Waals surface area contributed by atoms with Gasteiger partial charge in [0.2, 0.25) is 11.8 Å². The second-order valence-corrected chi connectivity index (χ2v) is 4.95. The number of hydrogen-bond acceptors (Lipinski definition) is 3. The van der Waals surface area contributed by atoms with Crippen LogP contribution in [0.3, 0.4) is 0 Å². The van der Waals surface area contributed by atoms with Crippen LogP contribution in [0.4, 0.5) is 0 Å². The van der Waals surface area contributed by atoms with Gasteiger partial charge in [-0.3, -0.25) is 4.79 Å². The summed E-state index contributed by atoms with van der Waals surface area (Å²) in [6.07, 6.45) is 6.21. The Morgan fingerprint density at radius 1 is 1.14 bits per heavy atom. The highest BCUT2D eigenvalue weighted by molar-refractivity contribution is 5.92. The third-order valence-corrected chi connectivity index (χ3v) is 3.24. The third kappa shape index (κ3) is 4.60. The SMILES string of the molecule is CCCCCc1ccc(Oc2ccc(C(N)=O)cn2)cc1. The summed E-state index contributed by atoms with van der Waals surface area (Å²) >= 11 is 0. The molecule has 2 N–H and O–H groups in total. The van der Waals surface area contributed by atoms with Crippen LogP contribution in [0.1, 0.15) is 42.1 Å². The Bertz CT molecular complexity index is 577. The van der Waals surface area contributed by atoms with Gasteiger partial charge in [-0.05, 0) is 36.6 Å². The number of carbonyl (C=O) groups excluding carboxylic acids is 1. The number of carbonyl (C=O) groups is 1. The molecule has 0 fully saturated rings. The molecule has 1 amide bonds. The smallest absolute Gasteiger partial charge is 0.250 e. The Balaban J connectivity index is 1.94. The number of amides is 1. The van der Waals surface area contributed by atoms with Gasteiger partial charge in [-0.1, -0.05) is 31.9 Å². The lowest BCUT2D eigenvalue weighted by molar-refractivity contribution is 0.1000. The van der Waals surface area contributed by atoms with Crippen LogP contribution in [0.2, 0.25) is 0 Å². The molecule has 21 heavy (non-hydrogen) atoms. The van der Waals surface area contributed by atoms with Crippen LogP contribution in [-0.4, -0.2) is 10.9 Å². The number of unbranched alkanes of at least 4 members (excludes halogenated alkanes) is 2. The van der Waals surface area contributed by atoms with Gasteiger partial charge in [-0.2, -0.15) is 0 Å². The quantitative estimate of drug-likeness (QED) is 0.788. The number of benzene rings is 1. The van der Waals surface area contributed by atoms with E-state index in [0.29, 0.717) is 11.4 Å². The maximum Gasteiger partial charge on any atom is 0.250 e. The van der Waals surface area contributed by atoms with Crippen molar-refractivity contribution in [3.63, 3.8) is 0 Å². The van der Waals surface area contributed by atoms with E-state index in [0.717, 1.165) is 12.2 Å². The molecular weight excluding hydrogens is 264 g/mol. The average molecular weight is 284 g/mol. The third-order valence-electron chi connectivity index (χ3n) is 3.24. The van der Waals surface area contributed by atoms with Crippen molar-refractivity contribution < 1.29 is 9.53 Å². The van der Waals surface area contributed by atoms with Crippen LogP contribution in [0.5, 0.6) is 11.6 Å². The van der Waals surface area contributed by atoms with Crippen molar-refractivity contribution in [3.8, 4) is 11.6 Å². The molecule has 0 bridgehead atoms. The van der Waals surface area contributed by atoms with Crippen molar-refractivity contribution in [2.24, 2.45) is 5.73 Å². The standard InChI is InChI=1S/C17H20N2O2/c1-2-3-4-5-13-6-9-15(10-7-13)21-16-11-8-14(12-19-16)17(18)20/h6-12H,2-5H2,1H3,(H2,18,20). The summed E-state index contributed by atoms with van der Waals surface area (Å²) in [5, 5.41) is 0. The predicted octanol–water partition coefficient (Wildman–Crippen LogP) is 3.71. The van der Waals surface area contributed by atoms with Crippen LogP contribution >= 0.6 is 0 Å². The molecule has 2 rings (SSSR count). The van der Waals surface area contributed by atoms with Crippen molar-refractivity contribution in [2.45, 2.75) is 32.6 Å². The number of aryl methyl sites for hydroxylation is 1. The Labute approximate surface area is 125 Å². The molecule has 1 aromatic heterocycles. The minimum absolute atomic E-state index is 0.369. The molecule has 0 aliphatic rings. The van der Waals surface area contributed by atoms with Gasteiger partial charge in [-0.15, -0.1) is 0 Å². The van der Waals surface area contributed by atoms with E-state index in [1.165, 1.54) is 31.0 Å². The fourth-order valence-corrected chi connectivity index (χ4v) is 2.01. The first kappa shape index (κ1) is 15.0. The van der Waals surface area contributed by atoms with Crippen molar-refractivity contribution in [1.82, 2.24) is 4.98 Å². The first-order valence-electron chi connectivity index (χ1n) is 7.21. The normalized spacial score (nSPS) is 10.3. The average Bonchev–Trinajstić information content (AvgIpc) is 2.50. The highest BCUT2D eigenvalue weighted by Gasteiger charge is 2.03. The minimum atomic E-state index is -0.495. The van der Waals surface area contributed by atoms with Gasteiger partial charge < -0.3 is 10.5 Å². The molecule has 0 saturated carbocycles. The van der Waals surface area contributed by atoms with Gasteiger partial charge in [0.05, 0.1) is 5.56 Å². The zero-order valence-corrected chi connectivity index (χ0v) is 12.2. The molecule has 4 heteroatoms. The first-order valence-corrected chi connectivity index (χ1v) is 7.21. The summed E-state index contributed by atoms with van der Waals surface area (Å²) in [5.74, 6) is 0.679. The minimum Gasteiger partial charge on any atom is -0.439 e. The lowest BCUT2D eigenvalue weighted by atomic mass is 10.1. The van der Waals surface area contributed by atoms with E-state index in [9.17, 15) is 4.79 Å². The number of pyridine rings is 1. The molecule has 0 aliphatic heterocycles. The van der Waals surface area contributed by atoms with Crippen molar-refractivity contribution in [1.29, 1.82) is 0 Å². The highest BCUT2D eigenvalue weighted by Crippen LogP contribution is 2.20. The molecule has 0 radical (unpaired) electrons. The number of aromatic nitrogens is 1. The summed E-state index contributed by atoms with van der Waals surface area (Å²) in [4.78, 5) is 15.0. The summed E-state index contributed by atoms with van der Waals surface area (Å²) < 4.78 is 5.63. The Morgan fingerprint density at radius 2 is 1.90 bits per heavy atom. The number of primary amides is 1. The van der Waals surface area contributed by atoms with Crippen LogP contribution in [0.15, 0.2) is 42.6 Å². The Hall–Kier alpha value is -2.36. The molecule has 0 aliphatic carbocycles. The largest absolute Gasteiger partial charge is 0.439 e. The molecular formula is C17H20N2O2. The topological polar surface area (TPSA) is 65.2 Å². The van der Waals surface area contributed by atoms with E-state index in [-0.39, 0.29) is 0 Å². The maximum atomic E-state index is 11.0. The van der Waals surface area contributed by atoms with E-state index in [1.54, 1.807) is 12.1 Å². The molecule has 2 aromatic rings. The zero-order chi connectivity index (χ0) is 15.1. The molecule has 0 atom stereocenters. The monoisotopic (exact) mass is 284 g/mol. The van der Waals surface area contributed by atoms with E-state index in [4.69, 9.17) is 10.5 Å². The highest BCUT2D eigenvalue weighted by atomic mass is 16.5. The van der Waals surface area contributed by atoms with Crippen LogP contribution in [0, 0.1) is 0 Å². The molecule has 4 nitrogen and oxygen atoms in total. The lowest BCUT2D eigenvalue weighted by Crippen LogP contribution is -2.10. The lowest BCUT2D eigenvalue weighted by Gasteiger charge is -2.06. The van der Waals surface area contributed by atoms with Crippen LogP contribution < -0.4 is 10.5 Å². The molecule has 0 saturated heterocycles. The zero-order valence-electron chi connectivity index (χ0n) is 12.2. The van der Waals surface area contributed by atoms with Gasteiger partial charge >= 0.3 is 0 Å². The molecule has 0 spiro atoms. The van der Waals surface area contributed by atoms with E-state index in [1.807, 2.05) is 12.1 Å². The summed E-state index contributed by atoms with van der Waals surface area (Å²) in [6, 6.07) is 11.3.